The predicted molar refractivity (Wildman–Crippen MR) is 56.6 cm³/mol. The first-order valence-corrected chi connectivity index (χ1v) is 4.95. The average molecular weight is 257 g/mol. The molecule has 72 valence electrons. The molecule has 2 rings (SSSR count). The molecular formula is C11H7BrF2. The van der Waals surface area contributed by atoms with Crippen LogP contribution in [0.4, 0.5) is 8.78 Å². The molecule has 3 heteroatoms. The zero-order chi connectivity index (χ0) is 10.1. The first kappa shape index (κ1) is 9.59. The lowest BCUT2D eigenvalue weighted by molar-refractivity contribution is 0.153. The van der Waals surface area contributed by atoms with Crippen LogP contribution in [0, 0.1) is 0 Å². The summed E-state index contributed by atoms with van der Waals surface area (Å²) in [6, 6.07) is 10.2. The Labute approximate surface area is 88.7 Å². The maximum Gasteiger partial charge on any atom is 0.264 e. The topological polar surface area (TPSA) is 0 Å². The van der Waals surface area contributed by atoms with E-state index in [4.69, 9.17) is 0 Å². The molecule has 0 nitrogen and oxygen atoms in total. The van der Waals surface area contributed by atoms with E-state index in [9.17, 15) is 8.78 Å². The largest absolute Gasteiger partial charge is 0.264 e. The van der Waals surface area contributed by atoms with Crippen LogP contribution in [-0.2, 0) is 0 Å². The maximum atomic E-state index is 12.6. The van der Waals surface area contributed by atoms with Crippen LogP contribution in [0.2, 0.25) is 0 Å². The van der Waals surface area contributed by atoms with Crippen molar-refractivity contribution in [1.82, 2.24) is 0 Å². The van der Waals surface area contributed by atoms with Crippen molar-refractivity contribution in [3.8, 4) is 0 Å². The van der Waals surface area contributed by atoms with Gasteiger partial charge in [-0.05, 0) is 16.8 Å². The van der Waals surface area contributed by atoms with Crippen LogP contribution >= 0.6 is 15.9 Å². The summed E-state index contributed by atoms with van der Waals surface area (Å²) >= 11 is 3.34. The van der Waals surface area contributed by atoms with Gasteiger partial charge in [-0.1, -0.05) is 46.3 Å². The zero-order valence-corrected chi connectivity index (χ0v) is 8.76. The van der Waals surface area contributed by atoms with Gasteiger partial charge in [0.25, 0.3) is 6.43 Å². The minimum atomic E-state index is -2.42. The highest BCUT2D eigenvalue weighted by Gasteiger charge is 2.11. The molecule has 0 N–H and O–H groups in total. The number of rotatable bonds is 1. The Balaban J connectivity index is 2.81. The molecule has 14 heavy (non-hydrogen) atoms. The summed E-state index contributed by atoms with van der Waals surface area (Å²) in [6.45, 7) is 0. The molecule has 0 spiro atoms. The molecule has 0 aliphatic heterocycles. The second kappa shape index (κ2) is 3.65. The van der Waals surface area contributed by atoms with Crippen LogP contribution in [0.3, 0.4) is 0 Å². The highest BCUT2D eigenvalue weighted by molar-refractivity contribution is 9.10. The van der Waals surface area contributed by atoms with E-state index in [2.05, 4.69) is 15.9 Å². The summed E-state index contributed by atoms with van der Waals surface area (Å²) < 4.78 is 26.1. The van der Waals surface area contributed by atoms with Crippen molar-refractivity contribution in [2.75, 3.05) is 0 Å². The van der Waals surface area contributed by atoms with E-state index in [1.165, 1.54) is 6.07 Å². The lowest BCUT2D eigenvalue weighted by Gasteiger charge is -2.06. The third kappa shape index (κ3) is 1.52. The summed E-state index contributed by atoms with van der Waals surface area (Å²) in [4.78, 5) is 0. The molecule has 0 aliphatic rings. The summed E-state index contributed by atoms with van der Waals surface area (Å²) in [5, 5.41) is 1.43. The highest BCUT2D eigenvalue weighted by Crippen LogP contribution is 2.31. The maximum absolute atomic E-state index is 12.6. The fourth-order valence-electron chi connectivity index (χ4n) is 1.49. The summed E-state index contributed by atoms with van der Waals surface area (Å²) in [6.07, 6.45) is -2.42. The summed E-state index contributed by atoms with van der Waals surface area (Å²) in [5.74, 6) is 0. The van der Waals surface area contributed by atoms with Gasteiger partial charge in [0.15, 0.2) is 0 Å². The quantitative estimate of drug-likeness (QED) is 0.703. The fraction of sp³-hybridized carbons (Fsp3) is 0.0909. The lowest BCUT2D eigenvalue weighted by Crippen LogP contribution is -1.86. The number of halogens is 3. The average Bonchev–Trinajstić information content (AvgIpc) is 2.17. The second-order valence-electron chi connectivity index (χ2n) is 2.98. The number of alkyl halides is 2. The Morgan fingerprint density at radius 3 is 2.29 bits per heavy atom. The zero-order valence-electron chi connectivity index (χ0n) is 7.18. The minimum absolute atomic E-state index is 0.0869. The first-order chi connectivity index (χ1) is 6.70. The predicted octanol–water partition coefficient (Wildman–Crippen LogP) is 4.54. The molecule has 0 saturated heterocycles. The standard InChI is InChI=1S/C11H7BrF2/c12-10-6-2-3-7-8(10)4-1-5-9(7)11(13)14/h1-6,11H. The Hall–Kier alpha value is -0.960. The van der Waals surface area contributed by atoms with Gasteiger partial charge in [-0.15, -0.1) is 0 Å². The summed E-state index contributed by atoms with van der Waals surface area (Å²) in [7, 11) is 0. The Kier molecular flexibility index (Phi) is 2.50. The molecule has 0 fully saturated rings. The van der Waals surface area contributed by atoms with Crippen LogP contribution in [-0.4, -0.2) is 0 Å². The minimum Gasteiger partial charge on any atom is -0.205 e. The molecule has 2 aromatic carbocycles. The molecule has 0 heterocycles. The number of hydrogen-bond donors (Lipinski definition) is 0. The third-order valence-electron chi connectivity index (χ3n) is 2.14. The third-order valence-corrected chi connectivity index (χ3v) is 2.83. The van der Waals surface area contributed by atoms with Crippen LogP contribution < -0.4 is 0 Å². The molecule has 0 bridgehead atoms. The molecule has 0 aromatic heterocycles. The van der Waals surface area contributed by atoms with Crippen molar-refractivity contribution in [2.24, 2.45) is 0 Å². The SMILES string of the molecule is FC(F)c1cccc2c(Br)cccc12. The Bertz CT molecular complexity index is 466. The van der Waals surface area contributed by atoms with Gasteiger partial charge in [0.1, 0.15) is 0 Å². The van der Waals surface area contributed by atoms with Crippen LogP contribution in [0.5, 0.6) is 0 Å². The van der Waals surface area contributed by atoms with Gasteiger partial charge in [0, 0.05) is 10.0 Å². The molecular weight excluding hydrogens is 250 g/mol. The lowest BCUT2D eigenvalue weighted by atomic mass is 10.1. The second-order valence-corrected chi connectivity index (χ2v) is 3.84. The Morgan fingerprint density at radius 1 is 0.929 bits per heavy atom. The van der Waals surface area contributed by atoms with Crippen LogP contribution in [0.1, 0.15) is 12.0 Å². The van der Waals surface area contributed by atoms with E-state index in [0.29, 0.717) is 5.39 Å². The molecule has 0 saturated carbocycles. The van der Waals surface area contributed by atoms with E-state index >= 15 is 0 Å². The molecule has 0 radical (unpaired) electrons. The van der Waals surface area contributed by atoms with Gasteiger partial charge < -0.3 is 0 Å². The van der Waals surface area contributed by atoms with E-state index < -0.39 is 6.43 Å². The van der Waals surface area contributed by atoms with Crippen molar-refractivity contribution in [2.45, 2.75) is 6.43 Å². The van der Waals surface area contributed by atoms with Gasteiger partial charge in [-0.3, -0.25) is 0 Å². The molecule has 0 atom stereocenters. The smallest absolute Gasteiger partial charge is 0.205 e. The number of hydrogen-bond acceptors (Lipinski definition) is 0. The van der Waals surface area contributed by atoms with Gasteiger partial charge in [0.05, 0.1) is 0 Å². The van der Waals surface area contributed by atoms with Crippen molar-refractivity contribution < 1.29 is 8.78 Å². The highest BCUT2D eigenvalue weighted by atomic mass is 79.9. The monoisotopic (exact) mass is 256 g/mol. The molecule has 2 aromatic rings. The van der Waals surface area contributed by atoms with Crippen LogP contribution in [0.15, 0.2) is 40.9 Å². The van der Waals surface area contributed by atoms with Gasteiger partial charge in [-0.25, -0.2) is 8.78 Å². The van der Waals surface area contributed by atoms with E-state index in [1.54, 1.807) is 18.2 Å². The van der Waals surface area contributed by atoms with E-state index in [1.807, 2.05) is 12.1 Å². The van der Waals surface area contributed by atoms with Crippen molar-refractivity contribution in [3.05, 3.63) is 46.4 Å². The van der Waals surface area contributed by atoms with Crippen LogP contribution in [0.25, 0.3) is 10.8 Å². The van der Waals surface area contributed by atoms with Crippen molar-refractivity contribution >= 4 is 26.7 Å². The molecule has 0 aliphatic carbocycles. The van der Waals surface area contributed by atoms with Crippen molar-refractivity contribution in [3.63, 3.8) is 0 Å². The van der Waals surface area contributed by atoms with Crippen molar-refractivity contribution in [1.29, 1.82) is 0 Å². The fourth-order valence-corrected chi connectivity index (χ4v) is 1.98. The number of benzene rings is 2. The van der Waals surface area contributed by atoms with Gasteiger partial charge in [-0.2, -0.15) is 0 Å². The molecule has 0 unspecified atom stereocenters. The summed E-state index contributed by atoms with van der Waals surface area (Å²) in [5.41, 5.74) is 0.0869. The number of fused-ring (bicyclic) bond motifs is 1. The van der Waals surface area contributed by atoms with E-state index in [0.717, 1.165) is 9.86 Å². The Morgan fingerprint density at radius 2 is 1.57 bits per heavy atom. The first-order valence-electron chi connectivity index (χ1n) is 4.15. The normalized spacial score (nSPS) is 11.1. The molecule has 0 amide bonds. The van der Waals surface area contributed by atoms with Gasteiger partial charge >= 0.3 is 0 Å². The van der Waals surface area contributed by atoms with Gasteiger partial charge in [0.2, 0.25) is 0 Å². The van der Waals surface area contributed by atoms with E-state index in [-0.39, 0.29) is 5.56 Å².